The number of hydroxylamine groups is 3. The Kier molecular flexibility index (Phi) is 15.6. The summed E-state index contributed by atoms with van der Waals surface area (Å²) in [7, 11) is -0.880. The third-order valence-corrected chi connectivity index (χ3v) is 18.4. The molecule has 1 aliphatic rings. The lowest BCUT2D eigenvalue weighted by molar-refractivity contribution is -1.15. The summed E-state index contributed by atoms with van der Waals surface area (Å²) < 4.78 is 13.9. The highest BCUT2D eigenvalue weighted by Crippen LogP contribution is 2.43. The number of thiophene rings is 1. The maximum Gasteiger partial charge on any atom is 0.350 e. The molecule has 1 atom stereocenters. The summed E-state index contributed by atoms with van der Waals surface area (Å²) in [6.07, 6.45) is 3.77. The van der Waals surface area contributed by atoms with Crippen LogP contribution in [0.2, 0.25) is 16.6 Å². The maximum atomic E-state index is 14.8. The Morgan fingerprint density at radius 2 is 1.38 bits per heavy atom. The van der Waals surface area contributed by atoms with Gasteiger partial charge >= 0.3 is 5.97 Å². The number of carbonyl (C=O) groups excluding carboxylic acids is 2. The van der Waals surface area contributed by atoms with Crippen molar-refractivity contribution in [3.05, 3.63) is 13.8 Å². The van der Waals surface area contributed by atoms with Crippen LogP contribution in [-0.4, -0.2) is 69.3 Å². The van der Waals surface area contributed by atoms with Crippen molar-refractivity contribution in [1.82, 2.24) is 0 Å². The second kappa shape index (κ2) is 17.2. The molecule has 1 aromatic rings. The van der Waals surface area contributed by atoms with E-state index < -0.39 is 20.3 Å². The molecule has 1 amide bonds. The summed E-state index contributed by atoms with van der Waals surface area (Å²) in [5, 5.41) is 0. The zero-order valence-electron chi connectivity index (χ0n) is 30.7. The predicted octanol–water partition coefficient (Wildman–Crippen LogP) is 9.83. The average molecular weight is 780 g/mol. The molecule has 1 aromatic heterocycles. The molecule has 1 fully saturated rings. The van der Waals surface area contributed by atoms with Crippen molar-refractivity contribution < 1.29 is 28.2 Å². The summed E-state index contributed by atoms with van der Waals surface area (Å²) in [5.41, 5.74) is 1.81. The highest BCUT2D eigenvalue weighted by Gasteiger charge is 2.48. The lowest BCUT2D eigenvalue weighted by Gasteiger charge is -2.48. The molecule has 0 saturated heterocycles. The fourth-order valence-corrected chi connectivity index (χ4v) is 15.6. The standard InChI is InChI=1S/C35H64IN2O5SSi/c1-22(2)38(23(3)4,24(5)6)42-20-30(21-43-45(25(7)8,26(9)10)27(11)12)37(34(39)29-17-15-28(13)16-18-29)31-19-32(36)44-33(31)35(40)41-14/h19,22-30H,15-18,20-21H2,1-14H3/q+1. The summed E-state index contributed by atoms with van der Waals surface area (Å²) in [5.74, 6) is 0.170. The predicted molar refractivity (Wildman–Crippen MR) is 199 cm³/mol. The van der Waals surface area contributed by atoms with Crippen LogP contribution in [0, 0.1) is 14.7 Å². The van der Waals surface area contributed by atoms with Gasteiger partial charge in [0.2, 0.25) is 5.91 Å². The number of ether oxygens (including phenoxy) is 1. The van der Waals surface area contributed by atoms with Crippen LogP contribution in [0.25, 0.3) is 0 Å². The number of carbonyl (C=O) groups is 2. The molecule has 0 radical (unpaired) electrons. The SMILES string of the molecule is COC(=O)c1sc(I)cc1N(C(=O)C1CCC(C)CC1)C(CO[N+](C(C)C)(C(C)C)C(C)C)CO[Si](C(C)C)(C(C)C)C(C)C. The van der Waals surface area contributed by atoms with Gasteiger partial charge < -0.3 is 14.1 Å². The minimum atomic E-state index is -2.29. The second-order valence-electron chi connectivity index (χ2n) is 15.0. The van der Waals surface area contributed by atoms with E-state index in [2.05, 4.69) is 113 Å². The monoisotopic (exact) mass is 779 g/mol. The molecule has 1 heterocycles. The number of anilines is 1. The van der Waals surface area contributed by atoms with Crippen LogP contribution in [0.4, 0.5) is 5.69 Å². The zero-order valence-corrected chi connectivity index (χ0v) is 34.7. The van der Waals surface area contributed by atoms with Crippen molar-refractivity contribution >= 4 is 59.8 Å². The molecule has 10 heteroatoms. The van der Waals surface area contributed by atoms with E-state index in [4.69, 9.17) is 14.0 Å². The van der Waals surface area contributed by atoms with Gasteiger partial charge in [-0.2, -0.15) is 4.65 Å². The molecule has 1 aliphatic carbocycles. The topological polar surface area (TPSA) is 65.1 Å². The van der Waals surface area contributed by atoms with Gasteiger partial charge in [0, 0.05) is 5.92 Å². The van der Waals surface area contributed by atoms with Crippen molar-refractivity contribution in [2.45, 2.75) is 156 Å². The highest BCUT2D eigenvalue weighted by molar-refractivity contribution is 14.1. The van der Waals surface area contributed by atoms with Gasteiger partial charge in [0.05, 0.1) is 28.3 Å². The van der Waals surface area contributed by atoms with E-state index in [1.54, 1.807) is 0 Å². The average Bonchev–Trinajstić information content (AvgIpc) is 3.32. The van der Waals surface area contributed by atoms with Gasteiger partial charge in [0.15, 0.2) is 8.32 Å². The van der Waals surface area contributed by atoms with Crippen LogP contribution in [0.5, 0.6) is 0 Å². The number of amides is 1. The van der Waals surface area contributed by atoms with E-state index in [9.17, 15) is 9.59 Å². The minimum Gasteiger partial charge on any atom is -0.465 e. The Bertz CT molecular complexity index is 1020. The third-order valence-electron chi connectivity index (χ3n) is 10.4. The molecule has 0 aromatic carbocycles. The van der Waals surface area contributed by atoms with Gasteiger partial charge in [0.25, 0.3) is 0 Å². The van der Waals surface area contributed by atoms with E-state index >= 15 is 0 Å². The molecule has 1 unspecified atom stereocenters. The molecule has 0 aliphatic heterocycles. The van der Waals surface area contributed by atoms with Crippen LogP contribution in [0.3, 0.4) is 0 Å². The lowest BCUT2D eigenvalue weighted by atomic mass is 9.82. The first-order chi connectivity index (χ1) is 20.9. The van der Waals surface area contributed by atoms with E-state index in [1.807, 2.05) is 11.0 Å². The largest absolute Gasteiger partial charge is 0.465 e. The molecule has 45 heavy (non-hydrogen) atoms. The fourth-order valence-electron chi connectivity index (χ4n) is 8.36. The number of methoxy groups -OCH3 is 1. The van der Waals surface area contributed by atoms with E-state index in [0.717, 1.165) is 28.6 Å². The van der Waals surface area contributed by atoms with Crippen LogP contribution in [-0.2, 0) is 18.8 Å². The lowest BCUT2D eigenvalue weighted by Crippen LogP contribution is -2.63. The highest BCUT2D eigenvalue weighted by atomic mass is 127. The van der Waals surface area contributed by atoms with Gasteiger partial charge in [-0.25, -0.2) is 9.63 Å². The van der Waals surface area contributed by atoms with Crippen LogP contribution in [0.15, 0.2) is 6.07 Å². The molecule has 0 N–H and O–H groups in total. The van der Waals surface area contributed by atoms with Gasteiger partial charge in [-0.1, -0.05) is 48.5 Å². The first-order valence-electron chi connectivity index (χ1n) is 17.2. The summed E-state index contributed by atoms with van der Waals surface area (Å²) >= 11 is 3.62. The van der Waals surface area contributed by atoms with Crippen molar-refractivity contribution in [2.24, 2.45) is 11.8 Å². The Hall–Kier alpha value is -0.533. The fraction of sp³-hybridized carbons (Fsp3) is 0.829. The quantitative estimate of drug-likeness (QED) is 0.0550. The molecule has 260 valence electrons. The number of rotatable bonds is 16. The van der Waals surface area contributed by atoms with Crippen LogP contribution < -0.4 is 4.90 Å². The first kappa shape index (κ1) is 40.6. The molecular formula is C35H64IN2O5SSi+. The Morgan fingerprint density at radius 3 is 1.80 bits per heavy atom. The molecule has 1 saturated carbocycles. The Labute approximate surface area is 293 Å². The smallest absolute Gasteiger partial charge is 0.350 e. The van der Waals surface area contributed by atoms with E-state index in [0.29, 0.717) is 51.0 Å². The molecule has 2 rings (SSSR count). The van der Waals surface area contributed by atoms with Gasteiger partial charge in [0.1, 0.15) is 29.6 Å². The molecule has 0 bridgehead atoms. The number of hydrogen-bond donors (Lipinski definition) is 0. The van der Waals surface area contributed by atoms with Gasteiger partial charge in [-0.15, -0.1) is 11.3 Å². The zero-order chi connectivity index (χ0) is 34.4. The number of hydrogen-bond acceptors (Lipinski definition) is 6. The summed E-state index contributed by atoms with van der Waals surface area (Å²) in [4.78, 5) is 37.5. The third kappa shape index (κ3) is 8.93. The number of nitrogens with zero attached hydrogens (tertiary/aromatic N) is 2. The molecular weight excluding hydrogens is 715 g/mol. The Morgan fingerprint density at radius 1 is 0.889 bits per heavy atom. The number of halogens is 1. The summed E-state index contributed by atoms with van der Waals surface area (Å²) in [6.45, 7) is 29.9. The van der Waals surface area contributed by atoms with Gasteiger partial charge in [-0.3, -0.25) is 4.79 Å². The van der Waals surface area contributed by atoms with E-state index in [-0.39, 0.29) is 30.0 Å². The normalized spacial score (nSPS) is 19.0. The van der Waals surface area contributed by atoms with Crippen molar-refractivity contribution in [3.63, 3.8) is 0 Å². The van der Waals surface area contributed by atoms with Crippen molar-refractivity contribution in [2.75, 3.05) is 25.2 Å². The first-order valence-corrected chi connectivity index (χ1v) is 21.3. The second-order valence-corrected chi connectivity index (χ2v) is 23.5. The van der Waals surface area contributed by atoms with Crippen molar-refractivity contribution in [1.29, 1.82) is 0 Å². The van der Waals surface area contributed by atoms with Crippen LogP contribution in [0.1, 0.15) is 125 Å². The van der Waals surface area contributed by atoms with Crippen LogP contribution >= 0.6 is 33.9 Å². The number of esters is 1. The Balaban J connectivity index is 2.79. The molecule has 0 spiro atoms. The van der Waals surface area contributed by atoms with Gasteiger partial charge in [-0.05, 0) is 118 Å². The summed E-state index contributed by atoms with van der Waals surface area (Å²) in [6, 6.07) is 2.18. The van der Waals surface area contributed by atoms with E-state index in [1.165, 1.54) is 18.4 Å². The maximum absolute atomic E-state index is 14.8. The minimum absolute atomic E-state index is 0.0705. The number of quaternary nitrogens is 1. The molecule has 7 nitrogen and oxygen atoms in total. The van der Waals surface area contributed by atoms with Crippen molar-refractivity contribution in [3.8, 4) is 0 Å².